The van der Waals surface area contributed by atoms with E-state index in [-0.39, 0.29) is 18.1 Å². The first kappa shape index (κ1) is 22.2. The lowest BCUT2D eigenvalue weighted by atomic mass is 10.1. The Morgan fingerprint density at radius 2 is 1.83 bits per heavy atom. The predicted molar refractivity (Wildman–Crippen MR) is 131 cm³/mol. The molecule has 0 saturated heterocycles. The first-order valence-corrected chi connectivity index (χ1v) is 11.1. The number of para-hydroxylation sites is 1. The van der Waals surface area contributed by atoms with Crippen LogP contribution in [0.1, 0.15) is 15.9 Å². The van der Waals surface area contributed by atoms with Gasteiger partial charge in [-0.15, -0.1) is 0 Å². The maximum absolute atomic E-state index is 12.8. The Balaban J connectivity index is 1.30. The van der Waals surface area contributed by atoms with Crippen molar-refractivity contribution in [3.05, 3.63) is 94.3 Å². The van der Waals surface area contributed by atoms with Crippen LogP contribution in [0.15, 0.2) is 82.0 Å². The SMILES string of the molecule is Cc1ccc(OCCN2C(=O)COc3cc(NC(=O)c4cc5ccccc5oc4=O)ccc32)cc1. The highest BCUT2D eigenvalue weighted by atomic mass is 16.5. The molecule has 0 fully saturated rings. The number of aryl methyl sites for hydroxylation is 1. The first-order valence-electron chi connectivity index (χ1n) is 11.1. The lowest BCUT2D eigenvalue weighted by Crippen LogP contribution is -2.41. The number of fused-ring (bicyclic) bond motifs is 2. The molecule has 0 radical (unpaired) electrons. The number of carbonyl (C=O) groups is 2. The van der Waals surface area contributed by atoms with Gasteiger partial charge >= 0.3 is 5.63 Å². The zero-order valence-electron chi connectivity index (χ0n) is 18.9. The van der Waals surface area contributed by atoms with E-state index < -0.39 is 11.5 Å². The molecule has 1 aromatic heterocycles. The summed E-state index contributed by atoms with van der Waals surface area (Å²) in [5, 5.41) is 3.35. The lowest BCUT2D eigenvalue weighted by Gasteiger charge is -2.29. The zero-order valence-corrected chi connectivity index (χ0v) is 18.9. The minimum absolute atomic E-state index is 0.104. The fraction of sp³-hybridized carbons (Fsp3) is 0.148. The Morgan fingerprint density at radius 1 is 1.03 bits per heavy atom. The van der Waals surface area contributed by atoms with E-state index >= 15 is 0 Å². The van der Waals surface area contributed by atoms with Crippen molar-refractivity contribution in [3.8, 4) is 11.5 Å². The van der Waals surface area contributed by atoms with Gasteiger partial charge in [0.15, 0.2) is 6.61 Å². The van der Waals surface area contributed by atoms with Gasteiger partial charge in [0.2, 0.25) is 0 Å². The minimum atomic E-state index is -0.722. The van der Waals surface area contributed by atoms with Crippen LogP contribution in [0.5, 0.6) is 11.5 Å². The van der Waals surface area contributed by atoms with Gasteiger partial charge in [0.25, 0.3) is 11.8 Å². The molecular formula is C27H22N2O6. The third-order valence-corrected chi connectivity index (χ3v) is 5.65. The molecule has 2 amide bonds. The summed E-state index contributed by atoms with van der Waals surface area (Å²) in [7, 11) is 0. The van der Waals surface area contributed by atoms with Crippen LogP contribution in [0.4, 0.5) is 11.4 Å². The maximum Gasteiger partial charge on any atom is 0.349 e. The van der Waals surface area contributed by atoms with Crippen molar-refractivity contribution in [2.24, 2.45) is 0 Å². The number of hydrogen-bond acceptors (Lipinski definition) is 6. The largest absolute Gasteiger partial charge is 0.492 e. The summed E-state index contributed by atoms with van der Waals surface area (Å²) in [5.41, 5.74) is 1.73. The summed E-state index contributed by atoms with van der Waals surface area (Å²) in [6.07, 6.45) is 0. The molecule has 0 saturated carbocycles. The standard InChI is InChI=1S/C27H22N2O6/c1-17-6-9-20(10-7-17)33-13-12-29-22-11-8-19(15-24(22)34-16-25(29)30)28-26(31)21-14-18-4-2-3-5-23(18)35-27(21)32/h2-11,14-15H,12-13,16H2,1H3,(H,28,31). The molecule has 1 aliphatic rings. The summed E-state index contributed by atoms with van der Waals surface area (Å²) in [4.78, 5) is 39.1. The minimum Gasteiger partial charge on any atom is -0.492 e. The molecule has 0 unspecified atom stereocenters. The smallest absolute Gasteiger partial charge is 0.349 e. The molecule has 0 atom stereocenters. The number of rotatable bonds is 6. The number of amides is 2. The Hall–Kier alpha value is -4.59. The summed E-state index contributed by atoms with van der Waals surface area (Å²) in [5.74, 6) is 0.395. The molecule has 1 N–H and O–H groups in total. The third-order valence-electron chi connectivity index (χ3n) is 5.65. The van der Waals surface area contributed by atoms with Crippen molar-refractivity contribution in [1.29, 1.82) is 0 Å². The van der Waals surface area contributed by atoms with Crippen molar-refractivity contribution >= 4 is 34.2 Å². The third kappa shape index (κ3) is 4.72. The molecule has 0 bridgehead atoms. The number of nitrogens with one attached hydrogen (secondary N) is 1. The van der Waals surface area contributed by atoms with E-state index in [0.29, 0.717) is 41.2 Å². The zero-order chi connectivity index (χ0) is 24.4. The van der Waals surface area contributed by atoms with E-state index in [1.54, 1.807) is 47.4 Å². The number of nitrogens with zero attached hydrogens (tertiary/aromatic N) is 1. The highest BCUT2D eigenvalue weighted by Crippen LogP contribution is 2.34. The molecule has 3 aromatic carbocycles. The average Bonchev–Trinajstić information content (AvgIpc) is 2.86. The Labute approximate surface area is 200 Å². The summed E-state index contributed by atoms with van der Waals surface area (Å²) < 4.78 is 16.6. The molecule has 5 rings (SSSR count). The molecular weight excluding hydrogens is 448 g/mol. The summed E-state index contributed by atoms with van der Waals surface area (Å²) in [6.45, 7) is 2.53. The van der Waals surface area contributed by atoms with Crippen LogP contribution in [0.25, 0.3) is 11.0 Å². The van der Waals surface area contributed by atoms with E-state index in [9.17, 15) is 14.4 Å². The van der Waals surface area contributed by atoms with Gasteiger partial charge < -0.3 is 24.1 Å². The topological polar surface area (TPSA) is 98.1 Å². The van der Waals surface area contributed by atoms with E-state index in [4.69, 9.17) is 13.9 Å². The maximum atomic E-state index is 12.8. The van der Waals surface area contributed by atoms with E-state index in [1.165, 1.54) is 6.07 Å². The average molecular weight is 470 g/mol. The molecule has 35 heavy (non-hydrogen) atoms. The summed E-state index contributed by atoms with van der Waals surface area (Å²) in [6, 6.07) is 21.1. The molecule has 8 heteroatoms. The molecule has 0 spiro atoms. The first-order chi connectivity index (χ1) is 17.0. The van der Waals surface area contributed by atoms with E-state index in [2.05, 4.69) is 5.32 Å². The number of hydrogen-bond donors (Lipinski definition) is 1. The second kappa shape index (κ2) is 9.34. The van der Waals surface area contributed by atoms with Gasteiger partial charge in [0.1, 0.15) is 29.3 Å². The van der Waals surface area contributed by atoms with Crippen LogP contribution in [0.2, 0.25) is 0 Å². The second-order valence-corrected chi connectivity index (χ2v) is 8.12. The van der Waals surface area contributed by atoms with Crippen molar-refractivity contribution in [3.63, 3.8) is 0 Å². The van der Waals surface area contributed by atoms with Gasteiger partial charge in [-0.25, -0.2) is 4.79 Å². The predicted octanol–water partition coefficient (Wildman–Crippen LogP) is 4.16. The number of benzene rings is 3. The molecule has 8 nitrogen and oxygen atoms in total. The Kier molecular flexibility index (Phi) is 5.93. The molecule has 1 aliphatic heterocycles. The Bertz CT molecular complexity index is 1480. The van der Waals surface area contributed by atoms with Gasteiger partial charge in [0, 0.05) is 17.1 Å². The fourth-order valence-electron chi connectivity index (χ4n) is 3.84. The van der Waals surface area contributed by atoms with Gasteiger partial charge in [-0.3, -0.25) is 9.59 Å². The molecule has 2 heterocycles. The van der Waals surface area contributed by atoms with Crippen LogP contribution in [-0.4, -0.2) is 31.6 Å². The van der Waals surface area contributed by atoms with Gasteiger partial charge in [-0.05, 0) is 43.3 Å². The van der Waals surface area contributed by atoms with Crippen molar-refractivity contribution in [2.45, 2.75) is 6.92 Å². The van der Waals surface area contributed by atoms with Crippen LogP contribution in [0.3, 0.4) is 0 Å². The lowest BCUT2D eigenvalue weighted by molar-refractivity contribution is -0.121. The van der Waals surface area contributed by atoms with Crippen molar-refractivity contribution in [1.82, 2.24) is 0 Å². The molecule has 176 valence electrons. The van der Waals surface area contributed by atoms with Crippen LogP contribution in [-0.2, 0) is 4.79 Å². The van der Waals surface area contributed by atoms with Crippen molar-refractivity contribution < 1.29 is 23.5 Å². The number of ether oxygens (including phenoxy) is 2. The fourth-order valence-corrected chi connectivity index (χ4v) is 3.84. The number of carbonyl (C=O) groups excluding carboxylic acids is 2. The Morgan fingerprint density at radius 3 is 2.66 bits per heavy atom. The monoisotopic (exact) mass is 470 g/mol. The van der Waals surface area contributed by atoms with Gasteiger partial charge in [0.05, 0.1) is 12.2 Å². The summed E-state index contributed by atoms with van der Waals surface area (Å²) >= 11 is 0. The van der Waals surface area contributed by atoms with Gasteiger partial charge in [-0.2, -0.15) is 0 Å². The quantitative estimate of drug-likeness (QED) is 0.425. The highest BCUT2D eigenvalue weighted by Gasteiger charge is 2.26. The normalized spacial score (nSPS) is 12.7. The highest BCUT2D eigenvalue weighted by molar-refractivity contribution is 6.06. The van der Waals surface area contributed by atoms with Gasteiger partial charge in [-0.1, -0.05) is 35.9 Å². The van der Waals surface area contributed by atoms with E-state index in [1.807, 2.05) is 31.2 Å². The molecule has 0 aliphatic carbocycles. The van der Waals surface area contributed by atoms with Crippen LogP contribution >= 0.6 is 0 Å². The van der Waals surface area contributed by atoms with E-state index in [0.717, 1.165) is 11.3 Å². The second-order valence-electron chi connectivity index (χ2n) is 8.12. The van der Waals surface area contributed by atoms with Crippen molar-refractivity contribution in [2.75, 3.05) is 30.0 Å². The number of anilines is 2. The van der Waals surface area contributed by atoms with Crippen LogP contribution < -0.4 is 25.3 Å². The van der Waals surface area contributed by atoms with Crippen LogP contribution in [0, 0.1) is 6.92 Å². The molecule has 4 aromatic rings.